The van der Waals surface area contributed by atoms with Crippen molar-refractivity contribution in [1.82, 2.24) is 5.32 Å². The SMILES string of the molecule is NS(=O)(=O)c1ccc(CCNC(=O)COC(=O)/C=C/c2ccc(Br)o2)cc1. The van der Waals surface area contributed by atoms with Crippen LogP contribution in [0.25, 0.3) is 6.08 Å². The molecule has 0 aliphatic carbocycles. The molecular formula is C17H17BrN2O6S. The number of carbonyl (C=O) groups excluding carboxylic acids is 2. The van der Waals surface area contributed by atoms with Crippen LogP contribution in [0.2, 0.25) is 0 Å². The molecule has 0 unspecified atom stereocenters. The summed E-state index contributed by atoms with van der Waals surface area (Å²) >= 11 is 3.14. The third-order valence-electron chi connectivity index (χ3n) is 3.31. The summed E-state index contributed by atoms with van der Waals surface area (Å²) in [7, 11) is -3.72. The smallest absolute Gasteiger partial charge is 0.331 e. The molecule has 0 bridgehead atoms. The lowest BCUT2D eigenvalue weighted by Crippen LogP contribution is -2.30. The molecule has 0 saturated heterocycles. The lowest BCUT2D eigenvalue weighted by Gasteiger charge is -2.06. The summed E-state index contributed by atoms with van der Waals surface area (Å²) in [5.41, 5.74) is 0.826. The highest BCUT2D eigenvalue weighted by Gasteiger charge is 2.08. The Morgan fingerprint density at radius 3 is 2.48 bits per heavy atom. The summed E-state index contributed by atoms with van der Waals surface area (Å²) in [6.45, 7) is -0.100. The van der Waals surface area contributed by atoms with E-state index in [-0.39, 0.29) is 4.90 Å². The van der Waals surface area contributed by atoms with Crippen LogP contribution in [0, 0.1) is 0 Å². The Morgan fingerprint density at radius 1 is 1.19 bits per heavy atom. The number of halogens is 1. The van der Waals surface area contributed by atoms with Crippen molar-refractivity contribution in [2.45, 2.75) is 11.3 Å². The van der Waals surface area contributed by atoms with Gasteiger partial charge < -0.3 is 14.5 Å². The Bertz CT molecular complexity index is 935. The highest BCUT2D eigenvalue weighted by molar-refractivity contribution is 9.10. The van der Waals surface area contributed by atoms with Gasteiger partial charge in [0.1, 0.15) is 5.76 Å². The zero-order valence-electron chi connectivity index (χ0n) is 14.1. The zero-order chi connectivity index (χ0) is 19.9. The van der Waals surface area contributed by atoms with Crippen LogP contribution in [-0.4, -0.2) is 33.4 Å². The fraction of sp³-hybridized carbons (Fsp3) is 0.176. The highest BCUT2D eigenvalue weighted by Crippen LogP contribution is 2.15. The highest BCUT2D eigenvalue weighted by atomic mass is 79.9. The van der Waals surface area contributed by atoms with Gasteiger partial charge in [-0.3, -0.25) is 4.79 Å². The van der Waals surface area contributed by atoms with Gasteiger partial charge in [0.05, 0.1) is 4.90 Å². The maximum Gasteiger partial charge on any atom is 0.331 e. The molecule has 1 aromatic heterocycles. The van der Waals surface area contributed by atoms with Crippen LogP contribution in [0.4, 0.5) is 0 Å². The lowest BCUT2D eigenvalue weighted by atomic mass is 10.1. The second kappa shape index (κ2) is 9.49. The number of hydrogen-bond acceptors (Lipinski definition) is 6. The van der Waals surface area contributed by atoms with Crippen LogP contribution in [0.1, 0.15) is 11.3 Å². The van der Waals surface area contributed by atoms with Gasteiger partial charge in [0, 0.05) is 12.6 Å². The van der Waals surface area contributed by atoms with E-state index in [0.29, 0.717) is 23.4 Å². The van der Waals surface area contributed by atoms with Gasteiger partial charge in [0.2, 0.25) is 10.0 Å². The van der Waals surface area contributed by atoms with E-state index in [9.17, 15) is 18.0 Å². The Hall–Kier alpha value is -2.43. The molecule has 0 saturated carbocycles. The molecule has 1 aromatic carbocycles. The summed E-state index contributed by atoms with van der Waals surface area (Å²) in [6.07, 6.45) is 3.07. The molecular weight excluding hydrogens is 440 g/mol. The van der Waals surface area contributed by atoms with Crippen molar-refractivity contribution in [3.63, 3.8) is 0 Å². The van der Waals surface area contributed by atoms with Gasteiger partial charge in [-0.15, -0.1) is 0 Å². The third-order valence-corrected chi connectivity index (χ3v) is 4.67. The fourth-order valence-electron chi connectivity index (χ4n) is 2.00. The summed E-state index contributed by atoms with van der Waals surface area (Å²) in [5.74, 6) is -0.647. The molecule has 144 valence electrons. The maximum atomic E-state index is 11.7. The van der Waals surface area contributed by atoms with Crippen molar-refractivity contribution < 1.29 is 27.2 Å². The van der Waals surface area contributed by atoms with Gasteiger partial charge in [-0.25, -0.2) is 18.4 Å². The molecule has 0 spiro atoms. The second-order valence-electron chi connectivity index (χ2n) is 5.37. The summed E-state index contributed by atoms with van der Waals surface area (Å²) in [6, 6.07) is 9.38. The van der Waals surface area contributed by atoms with Crippen molar-refractivity contribution in [2.75, 3.05) is 13.2 Å². The normalized spacial score (nSPS) is 11.5. The van der Waals surface area contributed by atoms with E-state index in [1.165, 1.54) is 18.2 Å². The number of carbonyl (C=O) groups is 2. The maximum absolute atomic E-state index is 11.7. The average molecular weight is 457 g/mol. The quantitative estimate of drug-likeness (QED) is 0.458. The molecule has 0 atom stereocenters. The van der Waals surface area contributed by atoms with E-state index in [1.807, 2.05) is 0 Å². The van der Waals surface area contributed by atoms with Crippen LogP contribution in [-0.2, 0) is 30.8 Å². The minimum Gasteiger partial charge on any atom is -0.452 e. The largest absolute Gasteiger partial charge is 0.452 e. The number of rotatable bonds is 8. The average Bonchev–Trinajstić information content (AvgIpc) is 3.03. The first-order valence-corrected chi connectivity index (χ1v) is 10.1. The zero-order valence-corrected chi connectivity index (χ0v) is 16.5. The van der Waals surface area contributed by atoms with Crippen molar-refractivity contribution in [1.29, 1.82) is 0 Å². The summed E-state index contributed by atoms with van der Waals surface area (Å²) in [4.78, 5) is 23.2. The van der Waals surface area contributed by atoms with Gasteiger partial charge in [0.25, 0.3) is 5.91 Å². The van der Waals surface area contributed by atoms with Gasteiger partial charge in [0.15, 0.2) is 11.3 Å². The van der Waals surface area contributed by atoms with E-state index >= 15 is 0 Å². The van der Waals surface area contributed by atoms with Crippen molar-refractivity contribution >= 4 is 43.9 Å². The molecule has 3 N–H and O–H groups in total. The van der Waals surface area contributed by atoms with Crippen molar-refractivity contribution in [2.24, 2.45) is 5.14 Å². The predicted octanol–water partition coefficient (Wildman–Crippen LogP) is 1.60. The number of nitrogens with one attached hydrogen (secondary N) is 1. The molecule has 0 aliphatic rings. The van der Waals surface area contributed by atoms with Gasteiger partial charge >= 0.3 is 5.97 Å². The Kier molecular flexibility index (Phi) is 7.34. The molecule has 0 fully saturated rings. The number of nitrogens with two attached hydrogens (primary N) is 1. The third kappa shape index (κ3) is 7.37. The molecule has 1 heterocycles. The van der Waals surface area contributed by atoms with Gasteiger partial charge in [-0.1, -0.05) is 12.1 Å². The van der Waals surface area contributed by atoms with Crippen LogP contribution >= 0.6 is 15.9 Å². The van der Waals surface area contributed by atoms with E-state index in [2.05, 4.69) is 21.2 Å². The molecule has 0 aliphatic heterocycles. The number of amides is 1. The first-order chi connectivity index (χ1) is 12.7. The van der Waals surface area contributed by atoms with Crippen LogP contribution in [0.15, 0.2) is 56.5 Å². The van der Waals surface area contributed by atoms with E-state index in [1.54, 1.807) is 24.3 Å². The van der Waals surface area contributed by atoms with E-state index in [0.717, 1.165) is 11.6 Å². The minimum atomic E-state index is -3.72. The Balaban J connectivity index is 1.68. The van der Waals surface area contributed by atoms with Crippen molar-refractivity contribution in [3.8, 4) is 0 Å². The first-order valence-electron chi connectivity index (χ1n) is 7.72. The topological polar surface area (TPSA) is 129 Å². The predicted molar refractivity (Wildman–Crippen MR) is 101 cm³/mol. The van der Waals surface area contributed by atoms with E-state index in [4.69, 9.17) is 14.3 Å². The van der Waals surface area contributed by atoms with E-state index < -0.39 is 28.5 Å². The second-order valence-corrected chi connectivity index (χ2v) is 7.71. The molecule has 8 nitrogen and oxygen atoms in total. The molecule has 1 amide bonds. The van der Waals surface area contributed by atoms with Crippen LogP contribution in [0.3, 0.4) is 0 Å². The number of esters is 1. The standard InChI is InChI=1S/C17H17BrN2O6S/c18-15-7-3-13(26-15)4-8-17(22)25-11-16(21)20-10-9-12-1-5-14(6-2-12)27(19,23)24/h1-8H,9-11H2,(H,20,21)(H2,19,23,24)/b8-4+. The summed E-state index contributed by atoms with van der Waals surface area (Å²) in [5, 5.41) is 7.62. The molecule has 27 heavy (non-hydrogen) atoms. The number of ether oxygens (including phenoxy) is 1. The number of benzene rings is 1. The van der Waals surface area contributed by atoms with Crippen LogP contribution in [0.5, 0.6) is 0 Å². The minimum absolute atomic E-state index is 0.0251. The van der Waals surface area contributed by atoms with Crippen molar-refractivity contribution in [3.05, 3.63) is 58.5 Å². The number of sulfonamides is 1. The van der Waals surface area contributed by atoms with Crippen LogP contribution < -0.4 is 10.5 Å². The molecule has 0 radical (unpaired) electrons. The molecule has 2 rings (SSSR count). The molecule has 10 heteroatoms. The first kappa shape index (κ1) is 20.9. The Labute approximate surface area is 164 Å². The van der Waals surface area contributed by atoms with Gasteiger partial charge in [-0.05, 0) is 58.3 Å². The summed E-state index contributed by atoms with van der Waals surface area (Å²) < 4.78 is 32.9. The van der Waals surface area contributed by atoms with Gasteiger partial charge in [-0.2, -0.15) is 0 Å². The Morgan fingerprint density at radius 2 is 1.89 bits per heavy atom. The number of hydrogen-bond donors (Lipinski definition) is 2. The lowest BCUT2D eigenvalue weighted by molar-refractivity contribution is -0.143. The monoisotopic (exact) mass is 456 g/mol. The number of primary sulfonamides is 1. The molecule has 2 aromatic rings. The number of furan rings is 1. The fourth-order valence-corrected chi connectivity index (χ4v) is 2.83.